The molecule has 1 aromatic rings. The summed E-state index contributed by atoms with van der Waals surface area (Å²) in [6, 6.07) is 7.65. The van der Waals surface area contributed by atoms with Crippen molar-refractivity contribution in [1.82, 2.24) is 10.2 Å². The molecule has 0 aromatic heterocycles. The number of hydrogen-bond donors (Lipinski definition) is 2. The van der Waals surface area contributed by atoms with Crippen LogP contribution in [0.1, 0.15) is 18.1 Å². The van der Waals surface area contributed by atoms with Crippen LogP contribution in [0.5, 0.6) is 0 Å². The van der Waals surface area contributed by atoms with Gasteiger partial charge in [0.1, 0.15) is 0 Å². The van der Waals surface area contributed by atoms with Crippen molar-refractivity contribution in [3.63, 3.8) is 0 Å². The van der Waals surface area contributed by atoms with Gasteiger partial charge in [-0.15, -0.1) is 0 Å². The molecule has 0 fully saturated rings. The van der Waals surface area contributed by atoms with Crippen molar-refractivity contribution < 1.29 is 14.7 Å². The van der Waals surface area contributed by atoms with Gasteiger partial charge in [0.25, 0.3) is 0 Å². The number of hydrogen-bond acceptors (Lipinski definition) is 2. The van der Waals surface area contributed by atoms with Crippen LogP contribution < -0.4 is 5.32 Å². The normalized spacial score (nSPS) is 11.7. The third kappa shape index (κ3) is 4.99. The maximum atomic E-state index is 11.8. The first-order valence-electron chi connectivity index (χ1n) is 6.17. The molecule has 19 heavy (non-hydrogen) atoms. The van der Waals surface area contributed by atoms with Gasteiger partial charge in [-0.25, -0.2) is 4.79 Å². The van der Waals surface area contributed by atoms with Gasteiger partial charge in [-0.2, -0.15) is 0 Å². The minimum absolute atomic E-state index is 0.131. The number of carbonyl (C=O) groups excluding carboxylic acids is 1. The number of benzene rings is 1. The van der Waals surface area contributed by atoms with Crippen molar-refractivity contribution in [2.75, 3.05) is 13.6 Å². The number of nitrogens with one attached hydrogen (secondary N) is 1. The van der Waals surface area contributed by atoms with Crippen molar-refractivity contribution in [3.8, 4) is 0 Å². The van der Waals surface area contributed by atoms with E-state index in [9.17, 15) is 9.59 Å². The quantitative estimate of drug-likeness (QED) is 0.852. The maximum absolute atomic E-state index is 11.8. The van der Waals surface area contributed by atoms with Gasteiger partial charge in [0.2, 0.25) is 0 Å². The van der Waals surface area contributed by atoms with E-state index in [-0.39, 0.29) is 12.6 Å². The number of aryl methyl sites for hydroxylation is 1. The summed E-state index contributed by atoms with van der Waals surface area (Å²) in [5, 5.41) is 11.3. The summed E-state index contributed by atoms with van der Waals surface area (Å²) in [6.07, 6.45) is 0. The van der Waals surface area contributed by atoms with Crippen molar-refractivity contribution >= 4 is 12.0 Å². The van der Waals surface area contributed by atoms with Gasteiger partial charge in [-0.3, -0.25) is 4.79 Å². The van der Waals surface area contributed by atoms with E-state index in [4.69, 9.17) is 5.11 Å². The molecule has 5 nitrogen and oxygen atoms in total. The second-order valence-electron chi connectivity index (χ2n) is 4.77. The third-order valence-corrected chi connectivity index (χ3v) is 2.83. The van der Waals surface area contributed by atoms with E-state index in [1.165, 1.54) is 4.90 Å². The van der Waals surface area contributed by atoms with Crippen LogP contribution in [0.15, 0.2) is 24.3 Å². The van der Waals surface area contributed by atoms with Gasteiger partial charge in [-0.05, 0) is 12.5 Å². The molecule has 2 N–H and O–H groups in total. The lowest BCUT2D eigenvalue weighted by molar-refractivity contribution is -0.140. The third-order valence-electron chi connectivity index (χ3n) is 2.83. The summed E-state index contributed by atoms with van der Waals surface area (Å²) < 4.78 is 0. The van der Waals surface area contributed by atoms with Crippen molar-refractivity contribution in [2.45, 2.75) is 20.4 Å². The lowest BCUT2D eigenvalue weighted by atomic mass is 10.1. The van der Waals surface area contributed by atoms with Gasteiger partial charge in [0.15, 0.2) is 0 Å². The summed E-state index contributed by atoms with van der Waals surface area (Å²) in [5.41, 5.74) is 2.19. The summed E-state index contributed by atoms with van der Waals surface area (Å²) in [6.45, 7) is 4.18. The van der Waals surface area contributed by atoms with E-state index in [0.717, 1.165) is 11.1 Å². The number of carboxylic acids is 1. The lowest BCUT2D eigenvalue weighted by Gasteiger charge is -2.19. The molecule has 0 aliphatic heterocycles. The fraction of sp³-hybridized carbons (Fsp3) is 0.429. The summed E-state index contributed by atoms with van der Waals surface area (Å²) >= 11 is 0. The molecular formula is C14H20N2O3. The van der Waals surface area contributed by atoms with Gasteiger partial charge in [-0.1, -0.05) is 36.8 Å². The molecule has 0 spiro atoms. The summed E-state index contributed by atoms with van der Waals surface area (Å²) in [5.74, 6) is -1.50. The van der Waals surface area contributed by atoms with E-state index in [1.54, 1.807) is 14.0 Å². The largest absolute Gasteiger partial charge is 0.481 e. The first-order valence-corrected chi connectivity index (χ1v) is 6.17. The SMILES string of the molecule is Cc1cccc(CN(C)C(=O)NCC(C)C(=O)O)c1. The van der Waals surface area contributed by atoms with Crippen molar-refractivity contribution in [1.29, 1.82) is 0 Å². The Labute approximate surface area is 113 Å². The standard InChI is InChI=1S/C14H20N2O3/c1-10-5-4-6-12(7-10)9-16(3)14(19)15-8-11(2)13(17)18/h4-7,11H,8-9H2,1-3H3,(H,15,19)(H,17,18). The Hall–Kier alpha value is -2.04. The predicted octanol–water partition coefficient (Wildman–Crippen LogP) is 1.86. The molecule has 2 amide bonds. The average Bonchev–Trinajstić information content (AvgIpc) is 2.35. The van der Waals surface area contributed by atoms with E-state index < -0.39 is 11.9 Å². The number of aliphatic carboxylic acids is 1. The molecular weight excluding hydrogens is 244 g/mol. The summed E-state index contributed by atoms with van der Waals surface area (Å²) in [4.78, 5) is 24.0. The molecule has 5 heteroatoms. The molecule has 0 aliphatic carbocycles. The molecule has 0 heterocycles. The molecule has 0 saturated heterocycles. The molecule has 1 rings (SSSR count). The van der Waals surface area contributed by atoms with Crippen molar-refractivity contribution in [3.05, 3.63) is 35.4 Å². The number of carbonyl (C=O) groups is 2. The second-order valence-corrected chi connectivity index (χ2v) is 4.77. The Morgan fingerprint density at radius 2 is 2.11 bits per heavy atom. The lowest BCUT2D eigenvalue weighted by Crippen LogP contribution is -2.40. The zero-order valence-electron chi connectivity index (χ0n) is 11.5. The summed E-state index contributed by atoms with van der Waals surface area (Å²) in [7, 11) is 1.68. The molecule has 1 unspecified atom stereocenters. The van der Waals surface area contributed by atoms with Crippen LogP contribution in [0.3, 0.4) is 0 Å². The van der Waals surface area contributed by atoms with Crippen LogP contribution >= 0.6 is 0 Å². The van der Waals surface area contributed by atoms with E-state index >= 15 is 0 Å². The fourth-order valence-electron chi connectivity index (χ4n) is 1.62. The highest BCUT2D eigenvalue weighted by Crippen LogP contribution is 2.06. The molecule has 0 saturated carbocycles. The molecule has 0 radical (unpaired) electrons. The van der Waals surface area contributed by atoms with E-state index in [2.05, 4.69) is 5.32 Å². The molecule has 0 bridgehead atoms. The Bertz CT molecular complexity index is 460. The first kappa shape index (κ1) is 15.0. The van der Waals surface area contributed by atoms with Gasteiger partial charge >= 0.3 is 12.0 Å². The minimum atomic E-state index is -0.915. The van der Waals surface area contributed by atoms with Crippen LogP contribution in [0.25, 0.3) is 0 Å². The molecule has 1 atom stereocenters. The van der Waals surface area contributed by atoms with Crippen LogP contribution in [-0.2, 0) is 11.3 Å². The Balaban J connectivity index is 2.47. The van der Waals surface area contributed by atoms with E-state index in [1.807, 2.05) is 31.2 Å². The minimum Gasteiger partial charge on any atom is -0.481 e. The Morgan fingerprint density at radius 1 is 1.42 bits per heavy atom. The number of carboxylic acid groups (broad SMARTS) is 1. The number of nitrogens with zero attached hydrogens (tertiary/aromatic N) is 1. The smallest absolute Gasteiger partial charge is 0.317 e. The van der Waals surface area contributed by atoms with Crippen LogP contribution in [-0.4, -0.2) is 35.6 Å². The number of amides is 2. The second kappa shape index (κ2) is 6.78. The molecule has 1 aromatic carbocycles. The van der Waals surface area contributed by atoms with Crippen LogP contribution in [0.4, 0.5) is 4.79 Å². The fourth-order valence-corrected chi connectivity index (χ4v) is 1.62. The highest BCUT2D eigenvalue weighted by molar-refractivity contribution is 5.75. The van der Waals surface area contributed by atoms with Crippen LogP contribution in [0.2, 0.25) is 0 Å². The van der Waals surface area contributed by atoms with E-state index in [0.29, 0.717) is 6.54 Å². The van der Waals surface area contributed by atoms with Gasteiger partial charge in [0.05, 0.1) is 5.92 Å². The predicted molar refractivity (Wildman–Crippen MR) is 72.8 cm³/mol. The maximum Gasteiger partial charge on any atom is 0.317 e. The monoisotopic (exact) mass is 264 g/mol. The topological polar surface area (TPSA) is 69.6 Å². The highest BCUT2D eigenvalue weighted by atomic mass is 16.4. The highest BCUT2D eigenvalue weighted by Gasteiger charge is 2.14. The van der Waals surface area contributed by atoms with Crippen LogP contribution in [0, 0.1) is 12.8 Å². The van der Waals surface area contributed by atoms with Gasteiger partial charge < -0.3 is 15.3 Å². The molecule has 104 valence electrons. The number of urea groups is 1. The number of rotatable bonds is 5. The average molecular weight is 264 g/mol. The first-order chi connectivity index (χ1) is 8.90. The van der Waals surface area contributed by atoms with Gasteiger partial charge in [0, 0.05) is 20.1 Å². The Morgan fingerprint density at radius 3 is 2.68 bits per heavy atom. The zero-order chi connectivity index (χ0) is 14.4. The Kier molecular flexibility index (Phi) is 5.36. The zero-order valence-corrected chi connectivity index (χ0v) is 11.5. The van der Waals surface area contributed by atoms with Crippen molar-refractivity contribution in [2.24, 2.45) is 5.92 Å². The molecule has 0 aliphatic rings.